The average Bonchev–Trinajstić information content (AvgIpc) is 2.76. The van der Waals surface area contributed by atoms with E-state index in [9.17, 15) is 0 Å². The molecular formula is C13H17N3S. The molecule has 90 valence electrons. The molecule has 0 atom stereocenters. The van der Waals surface area contributed by atoms with Crippen molar-refractivity contribution in [2.75, 3.05) is 11.9 Å². The van der Waals surface area contributed by atoms with Gasteiger partial charge in [0.15, 0.2) is 0 Å². The van der Waals surface area contributed by atoms with Crippen LogP contribution in [0.15, 0.2) is 24.3 Å². The van der Waals surface area contributed by atoms with Gasteiger partial charge in [0.25, 0.3) is 0 Å². The monoisotopic (exact) mass is 247 g/mol. The largest absolute Gasteiger partial charge is 0.360 e. The van der Waals surface area contributed by atoms with Crippen molar-refractivity contribution in [3.05, 3.63) is 29.8 Å². The van der Waals surface area contributed by atoms with E-state index in [1.165, 1.54) is 5.56 Å². The molecule has 17 heavy (non-hydrogen) atoms. The molecule has 0 amide bonds. The summed E-state index contributed by atoms with van der Waals surface area (Å²) in [5.74, 6) is 0.613. The first-order chi connectivity index (χ1) is 8.15. The Balaban J connectivity index is 2.10. The first-order valence-electron chi connectivity index (χ1n) is 5.79. The lowest BCUT2D eigenvalue weighted by Gasteiger charge is -2.03. The second-order valence-corrected chi connectivity index (χ2v) is 5.53. The van der Waals surface area contributed by atoms with Crippen LogP contribution in [-0.2, 0) is 0 Å². The van der Waals surface area contributed by atoms with Gasteiger partial charge < -0.3 is 5.32 Å². The van der Waals surface area contributed by atoms with Crippen LogP contribution in [0.3, 0.4) is 0 Å². The zero-order valence-corrected chi connectivity index (χ0v) is 11.2. The highest BCUT2D eigenvalue weighted by molar-refractivity contribution is 7.18. The molecule has 0 fully saturated rings. The molecule has 0 aliphatic rings. The van der Waals surface area contributed by atoms with Crippen LogP contribution >= 0.6 is 11.3 Å². The highest BCUT2D eigenvalue weighted by Gasteiger charge is 2.06. The maximum Gasteiger partial charge on any atom is 0.206 e. The predicted octanol–water partition coefficient (Wildman–Crippen LogP) is 3.58. The van der Waals surface area contributed by atoms with Gasteiger partial charge >= 0.3 is 0 Å². The van der Waals surface area contributed by atoms with Gasteiger partial charge in [-0.2, -0.15) is 0 Å². The fourth-order valence-electron chi connectivity index (χ4n) is 1.40. The third-order valence-electron chi connectivity index (χ3n) is 2.39. The van der Waals surface area contributed by atoms with E-state index in [-0.39, 0.29) is 0 Å². The predicted molar refractivity (Wildman–Crippen MR) is 73.4 cm³/mol. The standard InChI is InChI=1S/C13H17N3S/c1-9(2)8-14-13-16-15-12(17-13)11-6-4-10(3)5-7-11/h4-7,9H,8H2,1-3H3,(H,14,16). The SMILES string of the molecule is Cc1ccc(-c2nnc(NCC(C)C)s2)cc1. The van der Waals surface area contributed by atoms with E-state index in [0.29, 0.717) is 5.92 Å². The van der Waals surface area contributed by atoms with Crippen molar-refractivity contribution in [2.24, 2.45) is 5.92 Å². The van der Waals surface area contributed by atoms with Crippen LogP contribution in [0, 0.1) is 12.8 Å². The fourth-order valence-corrected chi connectivity index (χ4v) is 2.15. The van der Waals surface area contributed by atoms with Crippen LogP contribution in [0.1, 0.15) is 19.4 Å². The normalized spacial score (nSPS) is 10.8. The third-order valence-corrected chi connectivity index (χ3v) is 3.32. The summed E-state index contributed by atoms with van der Waals surface area (Å²) in [5.41, 5.74) is 2.39. The minimum Gasteiger partial charge on any atom is -0.360 e. The van der Waals surface area contributed by atoms with Crippen LogP contribution < -0.4 is 5.32 Å². The topological polar surface area (TPSA) is 37.8 Å². The Morgan fingerprint density at radius 3 is 2.53 bits per heavy atom. The Morgan fingerprint density at radius 2 is 1.88 bits per heavy atom. The van der Waals surface area contributed by atoms with Gasteiger partial charge in [0.05, 0.1) is 0 Å². The van der Waals surface area contributed by atoms with Crippen molar-refractivity contribution in [1.82, 2.24) is 10.2 Å². The minimum atomic E-state index is 0.613. The highest BCUT2D eigenvalue weighted by Crippen LogP contribution is 2.26. The minimum absolute atomic E-state index is 0.613. The van der Waals surface area contributed by atoms with Crippen molar-refractivity contribution >= 4 is 16.5 Å². The van der Waals surface area contributed by atoms with Gasteiger partial charge in [-0.1, -0.05) is 55.0 Å². The summed E-state index contributed by atoms with van der Waals surface area (Å²) in [6.45, 7) is 7.37. The molecule has 2 aromatic rings. The van der Waals surface area contributed by atoms with E-state index in [1.54, 1.807) is 11.3 Å². The first kappa shape index (κ1) is 12.0. The number of benzene rings is 1. The summed E-state index contributed by atoms with van der Waals surface area (Å²) in [7, 11) is 0. The lowest BCUT2D eigenvalue weighted by atomic mass is 10.2. The number of nitrogens with one attached hydrogen (secondary N) is 1. The number of nitrogens with zero attached hydrogens (tertiary/aromatic N) is 2. The molecule has 1 N–H and O–H groups in total. The Labute approximate surface area is 106 Å². The number of hydrogen-bond acceptors (Lipinski definition) is 4. The molecular weight excluding hydrogens is 230 g/mol. The van der Waals surface area contributed by atoms with Gasteiger partial charge in [0, 0.05) is 12.1 Å². The van der Waals surface area contributed by atoms with Crippen LogP contribution in [0.25, 0.3) is 10.6 Å². The van der Waals surface area contributed by atoms with Crippen LogP contribution in [0.2, 0.25) is 0 Å². The molecule has 1 aromatic heterocycles. The number of aromatic nitrogens is 2. The molecule has 0 unspecified atom stereocenters. The molecule has 3 nitrogen and oxygen atoms in total. The molecule has 1 heterocycles. The highest BCUT2D eigenvalue weighted by atomic mass is 32.1. The second kappa shape index (κ2) is 5.27. The smallest absolute Gasteiger partial charge is 0.206 e. The summed E-state index contributed by atoms with van der Waals surface area (Å²) in [5, 5.41) is 13.5. The Bertz CT molecular complexity index is 474. The molecule has 1 aromatic carbocycles. The van der Waals surface area contributed by atoms with Crippen molar-refractivity contribution in [3.8, 4) is 10.6 Å². The quantitative estimate of drug-likeness (QED) is 0.897. The molecule has 0 saturated heterocycles. The van der Waals surface area contributed by atoms with E-state index in [2.05, 4.69) is 60.6 Å². The van der Waals surface area contributed by atoms with E-state index in [4.69, 9.17) is 0 Å². The number of aryl methyl sites for hydroxylation is 1. The molecule has 0 aliphatic heterocycles. The second-order valence-electron chi connectivity index (χ2n) is 4.55. The number of anilines is 1. The summed E-state index contributed by atoms with van der Waals surface area (Å²) < 4.78 is 0. The molecule has 2 rings (SSSR count). The lowest BCUT2D eigenvalue weighted by Crippen LogP contribution is -2.07. The number of rotatable bonds is 4. The molecule has 4 heteroatoms. The first-order valence-corrected chi connectivity index (χ1v) is 6.61. The zero-order chi connectivity index (χ0) is 12.3. The summed E-state index contributed by atoms with van der Waals surface area (Å²) in [6.07, 6.45) is 0. The Morgan fingerprint density at radius 1 is 1.18 bits per heavy atom. The zero-order valence-electron chi connectivity index (χ0n) is 10.4. The van der Waals surface area contributed by atoms with Crippen molar-refractivity contribution in [3.63, 3.8) is 0 Å². The van der Waals surface area contributed by atoms with E-state index < -0.39 is 0 Å². The third kappa shape index (κ3) is 3.27. The van der Waals surface area contributed by atoms with Crippen LogP contribution in [0.4, 0.5) is 5.13 Å². The summed E-state index contributed by atoms with van der Waals surface area (Å²) in [6, 6.07) is 8.36. The Hall–Kier alpha value is -1.42. The van der Waals surface area contributed by atoms with Gasteiger partial charge in [0.1, 0.15) is 5.01 Å². The van der Waals surface area contributed by atoms with E-state index >= 15 is 0 Å². The van der Waals surface area contributed by atoms with Gasteiger partial charge in [-0.05, 0) is 12.8 Å². The number of hydrogen-bond donors (Lipinski definition) is 1. The molecule has 0 spiro atoms. The lowest BCUT2D eigenvalue weighted by molar-refractivity contribution is 0.687. The van der Waals surface area contributed by atoms with Gasteiger partial charge in [-0.3, -0.25) is 0 Å². The average molecular weight is 247 g/mol. The van der Waals surface area contributed by atoms with Gasteiger partial charge in [-0.25, -0.2) is 0 Å². The summed E-state index contributed by atoms with van der Waals surface area (Å²) >= 11 is 1.60. The molecule has 0 saturated carbocycles. The Kier molecular flexibility index (Phi) is 3.74. The summed E-state index contributed by atoms with van der Waals surface area (Å²) in [4.78, 5) is 0. The van der Waals surface area contributed by atoms with Gasteiger partial charge in [0.2, 0.25) is 5.13 Å². The van der Waals surface area contributed by atoms with E-state index in [0.717, 1.165) is 22.2 Å². The maximum absolute atomic E-state index is 4.20. The van der Waals surface area contributed by atoms with Crippen LogP contribution in [0.5, 0.6) is 0 Å². The van der Waals surface area contributed by atoms with Gasteiger partial charge in [-0.15, -0.1) is 10.2 Å². The molecule has 0 aliphatic carbocycles. The molecule has 0 radical (unpaired) electrons. The van der Waals surface area contributed by atoms with Crippen LogP contribution in [-0.4, -0.2) is 16.7 Å². The van der Waals surface area contributed by atoms with E-state index in [1.807, 2.05) is 0 Å². The van der Waals surface area contributed by atoms with Crippen molar-refractivity contribution in [1.29, 1.82) is 0 Å². The fraction of sp³-hybridized carbons (Fsp3) is 0.385. The molecule has 0 bridgehead atoms. The van der Waals surface area contributed by atoms with Crippen molar-refractivity contribution in [2.45, 2.75) is 20.8 Å². The van der Waals surface area contributed by atoms with Crippen molar-refractivity contribution < 1.29 is 0 Å². The maximum atomic E-state index is 4.20.